The lowest BCUT2D eigenvalue weighted by molar-refractivity contribution is 0.112. The van der Waals surface area contributed by atoms with E-state index in [1.54, 1.807) is 18.3 Å². The van der Waals surface area contributed by atoms with E-state index in [0.717, 1.165) is 22.0 Å². The Balaban J connectivity index is 2.19. The number of rotatable bonds is 3. The van der Waals surface area contributed by atoms with Gasteiger partial charge in [-0.25, -0.2) is 0 Å². The van der Waals surface area contributed by atoms with Gasteiger partial charge in [-0.1, -0.05) is 18.2 Å². The summed E-state index contributed by atoms with van der Waals surface area (Å²) in [5, 5.41) is 10.9. The zero-order chi connectivity index (χ0) is 14.8. The Morgan fingerprint density at radius 1 is 1.14 bits per heavy atom. The first-order chi connectivity index (χ1) is 10.2. The summed E-state index contributed by atoms with van der Waals surface area (Å²) < 4.78 is 5.11. The maximum atomic E-state index is 11.1. The van der Waals surface area contributed by atoms with Gasteiger partial charge in [-0.2, -0.15) is 0 Å². The maximum Gasteiger partial charge on any atom is 0.168 e. The number of carbonyl (C=O) groups is 1. The van der Waals surface area contributed by atoms with Crippen LogP contribution in [0.4, 0.5) is 0 Å². The molecule has 0 amide bonds. The first-order valence-electron chi connectivity index (χ1n) is 6.44. The number of benzene rings is 2. The van der Waals surface area contributed by atoms with Gasteiger partial charge in [0.2, 0.25) is 0 Å². The molecular formula is C17H13NO3. The first-order valence-corrected chi connectivity index (χ1v) is 6.44. The Hall–Kier alpha value is -2.88. The summed E-state index contributed by atoms with van der Waals surface area (Å²) >= 11 is 0. The molecule has 0 saturated heterocycles. The van der Waals surface area contributed by atoms with Gasteiger partial charge in [0.1, 0.15) is 0 Å². The minimum atomic E-state index is -0.148. The molecule has 0 fully saturated rings. The summed E-state index contributed by atoms with van der Waals surface area (Å²) in [6, 6.07) is 13.1. The Labute approximate surface area is 121 Å². The fraction of sp³-hybridized carbons (Fsp3) is 0.0588. The van der Waals surface area contributed by atoms with Crippen molar-refractivity contribution in [3.63, 3.8) is 0 Å². The van der Waals surface area contributed by atoms with E-state index in [1.165, 1.54) is 7.11 Å². The van der Waals surface area contributed by atoms with Crippen molar-refractivity contribution in [2.45, 2.75) is 0 Å². The molecule has 0 saturated carbocycles. The van der Waals surface area contributed by atoms with E-state index in [1.807, 2.05) is 30.3 Å². The highest BCUT2D eigenvalue weighted by Crippen LogP contribution is 2.35. The van der Waals surface area contributed by atoms with Gasteiger partial charge < -0.3 is 9.84 Å². The van der Waals surface area contributed by atoms with Crippen molar-refractivity contribution in [3.8, 4) is 22.6 Å². The second-order valence-electron chi connectivity index (χ2n) is 4.65. The Morgan fingerprint density at radius 3 is 2.71 bits per heavy atom. The fourth-order valence-electron chi connectivity index (χ4n) is 2.27. The molecule has 104 valence electrons. The molecule has 0 radical (unpaired) electrons. The van der Waals surface area contributed by atoms with Crippen LogP contribution < -0.4 is 4.74 Å². The van der Waals surface area contributed by atoms with Crippen molar-refractivity contribution in [2.24, 2.45) is 0 Å². The molecule has 0 aliphatic carbocycles. The van der Waals surface area contributed by atoms with Crippen molar-refractivity contribution in [3.05, 3.63) is 54.2 Å². The Morgan fingerprint density at radius 2 is 1.95 bits per heavy atom. The van der Waals surface area contributed by atoms with Crippen molar-refractivity contribution in [1.82, 2.24) is 4.98 Å². The number of phenols is 1. The molecule has 2 aromatic carbocycles. The minimum Gasteiger partial charge on any atom is -0.504 e. The number of hydrogen-bond donors (Lipinski definition) is 1. The van der Waals surface area contributed by atoms with Crippen LogP contribution in [0, 0.1) is 0 Å². The predicted octanol–water partition coefficient (Wildman–Crippen LogP) is 3.43. The quantitative estimate of drug-likeness (QED) is 0.746. The van der Waals surface area contributed by atoms with Gasteiger partial charge in [0.25, 0.3) is 0 Å². The minimum absolute atomic E-state index is 0.148. The lowest BCUT2D eigenvalue weighted by Gasteiger charge is -2.09. The van der Waals surface area contributed by atoms with Gasteiger partial charge in [0.15, 0.2) is 17.8 Å². The summed E-state index contributed by atoms with van der Waals surface area (Å²) in [4.78, 5) is 15.5. The number of hydrogen-bond acceptors (Lipinski definition) is 4. The van der Waals surface area contributed by atoms with Crippen LogP contribution in [0.2, 0.25) is 0 Å². The second kappa shape index (κ2) is 5.25. The van der Waals surface area contributed by atoms with Crippen LogP contribution in [0.3, 0.4) is 0 Å². The molecule has 0 spiro atoms. The van der Waals surface area contributed by atoms with E-state index in [4.69, 9.17) is 4.74 Å². The number of carbonyl (C=O) groups excluding carboxylic acids is 1. The van der Waals surface area contributed by atoms with Gasteiger partial charge in [-0.3, -0.25) is 9.78 Å². The fourth-order valence-corrected chi connectivity index (χ4v) is 2.27. The highest BCUT2D eigenvalue weighted by Gasteiger charge is 2.11. The van der Waals surface area contributed by atoms with Gasteiger partial charge in [0, 0.05) is 17.1 Å². The highest BCUT2D eigenvalue weighted by molar-refractivity contribution is 5.88. The SMILES string of the molecule is COc1cc(-c2cnc3ccccc3c2)cc(C=O)c1O. The van der Waals surface area contributed by atoms with Gasteiger partial charge in [0.05, 0.1) is 18.2 Å². The number of phenolic OH excluding ortho intramolecular Hbond substituents is 1. The first kappa shape index (κ1) is 13.1. The molecule has 0 atom stereocenters. The van der Waals surface area contributed by atoms with Crippen molar-refractivity contribution in [2.75, 3.05) is 7.11 Å². The average molecular weight is 279 g/mol. The van der Waals surface area contributed by atoms with Crippen LogP contribution in [0.25, 0.3) is 22.0 Å². The third-order valence-electron chi connectivity index (χ3n) is 3.38. The number of aromatic nitrogens is 1. The van der Waals surface area contributed by atoms with Crippen LogP contribution in [0.15, 0.2) is 48.7 Å². The lowest BCUT2D eigenvalue weighted by Crippen LogP contribution is -1.91. The maximum absolute atomic E-state index is 11.1. The molecule has 1 N–H and O–H groups in total. The van der Waals surface area contributed by atoms with Gasteiger partial charge >= 0.3 is 0 Å². The molecule has 4 nitrogen and oxygen atoms in total. The zero-order valence-corrected chi connectivity index (χ0v) is 11.4. The van der Waals surface area contributed by atoms with Crippen molar-refractivity contribution in [1.29, 1.82) is 0 Å². The molecule has 3 rings (SSSR count). The number of aromatic hydroxyl groups is 1. The summed E-state index contributed by atoms with van der Waals surface area (Å²) in [6.45, 7) is 0. The lowest BCUT2D eigenvalue weighted by atomic mass is 10.0. The number of para-hydroxylation sites is 1. The summed E-state index contributed by atoms with van der Waals surface area (Å²) in [5.74, 6) is 0.118. The van der Waals surface area contributed by atoms with E-state index in [0.29, 0.717) is 6.29 Å². The van der Waals surface area contributed by atoms with E-state index >= 15 is 0 Å². The molecule has 0 aliphatic rings. The molecular weight excluding hydrogens is 266 g/mol. The Bertz CT molecular complexity index is 827. The third kappa shape index (κ3) is 2.31. The second-order valence-corrected chi connectivity index (χ2v) is 4.65. The van der Waals surface area contributed by atoms with Crippen LogP contribution in [-0.2, 0) is 0 Å². The number of ether oxygens (including phenoxy) is 1. The summed E-state index contributed by atoms with van der Waals surface area (Å²) in [5.41, 5.74) is 2.72. The molecule has 3 aromatic rings. The molecule has 0 aliphatic heterocycles. The molecule has 4 heteroatoms. The zero-order valence-electron chi connectivity index (χ0n) is 11.4. The highest BCUT2D eigenvalue weighted by atomic mass is 16.5. The standard InChI is InChI=1S/C17H13NO3/c1-21-16-8-12(7-14(10-19)17(16)20)13-6-11-4-2-3-5-15(11)18-9-13/h2-10,20H,1H3. The van der Waals surface area contributed by atoms with E-state index in [2.05, 4.69) is 4.98 Å². The average Bonchev–Trinajstić information content (AvgIpc) is 2.54. The number of aldehydes is 1. The number of pyridine rings is 1. The predicted molar refractivity (Wildman–Crippen MR) is 80.8 cm³/mol. The molecule has 0 unspecified atom stereocenters. The van der Waals surface area contributed by atoms with Gasteiger partial charge in [-0.05, 0) is 29.8 Å². The topological polar surface area (TPSA) is 59.4 Å². The summed E-state index contributed by atoms with van der Waals surface area (Å²) in [7, 11) is 1.45. The smallest absolute Gasteiger partial charge is 0.168 e. The molecule has 0 bridgehead atoms. The normalized spacial score (nSPS) is 10.5. The van der Waals surface area contributed by atoms with Crippen LogP contribution in [-0.4, -0.2) is 23.5 Å². The number of nitrogens with zero attached hydrogens (tertiary/aromatic N) is 1. The largest absolute Gasteiger partial charge is 0.504 e. The Kier molecular flexibility index (Phi) is 3.28. The van der Waals surface area contributed by atoms with E-state index in [9.17, 15) is 9.90 Å². The van der Waals surface area contributed by atoms with E-state index in [-0.39, 0.29) is 17.1 Å². The van der Waals surface area contributed by atoms with Crippen LogP contribution in [0.1, 0.15) is 10.4 Å². The number of methoxy groups -OCH3 is 1. The van der Waals surface area contributed by atoms with Crippen molar-refractivity contribution < 1.29 is 14.6 Å². The summed E-state index contributed by atoms with van der Waals surface area (Å²) in [6.07, 6.45) is 2.35. The van der Waals surface area contributed by atoms with Gasteiger partial charge in [-0.15, -0.1) is 0 Å². The van der Waals surface area contributed by atoms with E-state index < -0.39 is 0 Å². The van der Waals surface area contributed by atoms with Crippen molar-refractivity contribution >= 4 is 17.2 Å². The van der Waals surface area contributed by atoms with Crippen LogP contribution in [0.5, 0.6) is 11.5 Å². The third-order valence-corrected chi connectivity index (χ3v) is 3.38. The number of fused-ring (bicyclic) bond motifs is 1. The van der Waals surface area contributed by atoms with Crippen LogP contribution >= 0.6 is 0 Å². The monoisotopic (exact) mass is 279 g/mol. The molecule has 1 aromatic heterocycles. The molecule has 21 heavy (non-hydrogen) atoms. The molecule has 1 heterocycles.